The van der Waals surface area contributed by atoms with Gasteiger partial charge in [-0.15, -0.1) is 11.8 Å². The molecule has 0 aliphatic carbocycles. The van der Waals surface area contributed by atoms with Crippen LogP contribution < -0.4 is 21.7 Å². The van der Waals surface area contributed by atoms with Crippen LogP contribution in [-0.2, 0) is 16.0 Å². The Bertz CT molecular complexity index is 1690. The van der Waals surface area contributed by atoms with Crippen molar-refractivity contribution < 1.29 is 24.3 Å². The molecule has 0 saturated carbocycles. The van der Waals surface area contributed by atoms with Crippen LogP contribution in [-0.4, -0.2) is 63.2 Å². The SMILES string of the molecule is CC(C)(C)NC(=O)c1cccc(SC[C@@H](O)[C@H](Cc2ccccc2)NC(=O)[C@H](CC(N)=O)NC(=O)c2ccc3ccccc3n2)c1. The molecule has 0 fully saturated rings. The first kappa shape index (κ1) is 34.1. The molecule has 1 aromatic heterocycles. The van der Waals surface area contributed by atoms with E-state index in [0.717, 1.165) is 15.8 Å². The second-order valence-electron chi connectivity index (χ2n) is 12.0. The summed E-state index contributed by atoms with van der Waals surface area (Å²) in [5.74, 6) is -2.10. The number of aliphatic hydroxyl groups excluding tert-OH is 1. The Morgan fingerprint density at radius 2 is 1.59 bits per heavy atom. The maximum absolute atomic E-state index is 13.6. The summed E-state index contributed by atoms with van der Waals surface area (Å²) in [5, 5.41) is 20.5. The lowest BCUT2D eigenvalue weighted by Gasteiger charge is -2.27. The number of aliphatic hydroxyl groups is 1. The van der Waals surface area contributed by atoms with E-state index in [-0.39, 0.29) is 23.8 Å². The predicted molar refractivity (Wildman–Crippen MR) is 179 cm³/mol. The van der Waals surface area contributed by atoms with Gasteiger partial charge in [0, 0.05) is 27.1 Å². The van der Waals surface area contributed by atoms with Crippen LogP contribution in [0.2, 0.25) is 0 Å². The summed E-state index contributed by atoms with van der Waals surface area (Å²) in [6.45, 7) is 5.71. The normalized spacial score (nSPS) is 13.3. The summed E-state index contributed by atoms with van der Waals surface area (Å²) in [6.07, 6.45) is -1.20. The van der Waals surface area contributed by atoms with E-state index in [1.165, 1.54) is 17.8 Å². The molecule has 0 aliphatic rings. The molecule has 6 N–H and O–H groups in total. The van der Waals surface area contributed by atoms with Gasteiger partial charge in [-0.3, -0.25) is 19.2 Å². The highest BCUT2D eigenvalue weighted by molar-refractivity contribution is 7.99. The number of nitrogens with two attached hydrogens (primary N) is 1. The number of hydrogen-bond acceptors (Lipinski definition) is 7. The smallest absolute Gasteiger partial charge is 0.270 e. The Hall–Kier alpha value is -4.74. The van der Waals surface area contributed by atoms with E-state index < -0.39 is 47.9 Å². The number of para-hydroxylation sites is 1. The van der Waals surface area contributed by atoms with Gasteiger partial charge in [0.05, 0.1) is 24.1 Å². The first-order chi connectivity index (χ1) is 21.9. The van der Waals surface area contributed by atoms with Crippen LogP contribution in [0, 0.1) is 0 Å². The van der Waals surface area contributed by atoms with Crippen molar-refractivity contribution in [2.45, 2.75) is 62.2 Å². The quantitative estimate of drug-likeness (QED) is 0.139. The van der Waals surface area contributed by atoms with Crippen molar-refractivity contribution in [1.29, 1.82) is 0 Å². The Kier molecular flexibility index (Phi) is 11.5. The third-order valence-corrected chi connectivity index (χ3v) is 8.05. The molecule has 4 rings (SSSR count). The Morgan fingerprint density at radius 1 is 0.870 bits per heavy atom. The molecule has 0 radical (unpaired) electrons. The van der Waals surface area contributed by atoms with Crippen LogP contribution in [0.15, 0.2) is 95.9 Å². The zero-order valence-electron chi connectivity index (χ0n) is 26.0. The molecule has 0 spiro atoms. The molecular weight excluding hydrogens is 602 g/mol. The number of fused-ring (bicyclic) bond motifs is 1. The van der Waals surface area contributed by atoms with E-state index in [4.69, 9.17) is 5.73 Å². The molecule has 240 valence electrons. The van der Waals surface area contributed by atoms with Gasteiger partial charge in [0.25, 0.3) is 11.8 Å². The number of carbonyl (C=O) groups excluding carboxylic acids is 4. The fraction of sp³-hybridized carbons (Fsp3) is 0.286. The van der Waals surface area contributed by atoms with Crippen LogP contribution in [0.4, 0.5) is 0 Å². The zero-order chi connectivity index (χ0) is 33.3. The molecule has 4 amide bonds. The molecule has 4 aromatic rings. The maximum Gasteiger partial charge on any atom is 0.270 e. The highest BCUT2D eigenvalue weighted by Gasteiger charge is 2.29. The molecule has 3 atom stereocenters. The number of benzene rings is 3. The lowest BCUT2D eigenvalue weighted by atomic mass is 10.0. The zero-order valence-corrected chi connectivity index (χ0v) is 26.8. The molecule has 3 aromatic carbocycles. The van der Waals surface area contributed by atoms with Crippen molar-refractivity contribution >= 4 is 46.3 Å². The predicted octanol–water partition coefficient (Wildman–Crippen LogP) is 3.62. The van der Waals surface area contributed by atoms with Gasteiger partial charge in [0.2, 0.25) is 11.8 Å². The van der Waals surface area contributed by atoms with Crippen LogP contribution in [0.3, 0.4) is 0 Å². The summed E-state index contributed by atoms with van der Waals surface area (Å²) >= 11 is 1.34. The lowest BCUT2D eigenvalue weighted by molar-refractivity contribution is -0.128. The van der Waals surface area contributed by atoms with Crippen molar-refractivity contribution in [3.63, 3.8) is 0 Å². The first-order valence-corrected chi connectivity index (χ1v) is 15.9. The van der Waals surface area contributed by atoms with Crippen molar-refractivity contribution in [2.24, 2.45) is 5.73 Å². The summed E-state index contributed by atoms with van der Waals surface area (Å²) in [4.78, 5) is 56.4. The summed E-state index contributed by atoms with van der Waals surface area (Å²) in [6, 6.07) is 24.9. The maximum atomic E-state index is 13.6. The van der Waals surface area contributed by atoms with E-state index in [9.17, 15) is 24.3 Å². The average molecular weight is 642 g/mol. The molecule has 1 heterocycles. The molecule has 0 saturated heterocycles. The number of nitrogens with zero attached hydrogens (tertiary/aromatic N) is 1. The third-order valence-electron chi connectivity index (χ3n) is 6.95. The molecule has 0 aliphatic heterocycles. The standard InChI is InChI=1S/C35H39N5O5S/c1-35(2,3)40-32(43)24-13-9-14-25(19-24)46-21-30(41)28(18-22-10-5-4-6-11-22)38-34(45)29(20-31(36)42)39-33(44)27-17-16-23-12-7-8-15-26(23)37-27/h4-17,19,28-30,41H,18,20-21H2,1-3H3,(H2,36,42)(H,38,45)(H,39,44)(H,40,43)/t28-,29-,30+/m0/s1. The van der Waals surface area contributed by atoms with Gasteiger partial charge in [-0.05, 0) is 63.1 Å². The highest BCUT2D eigenvalue weighted by Crippen LogP contribution is 2.22. The van der Waals surface area contributed by atoms with E-state index in [1.54, 1.807) is 36.4 Å². The second kappa shape index (κ2) is 15.5. The van der Waals surface area contributed by atoms with E-state index in [1.807, 2.05) is 69.3 Å². The van der Waals surface area contributed by atoms with Crippen molar-refractivity contribution in [2.75, 3.05) is 5.75 Å². The number of pyridine rings is 1. The van der Waals surface area contributed by atoms with Crippen LogP contribution in [0.1, 0.15) is 53.6 Å². The molecule has 0 unspecified atom stereocenters. The average Bonchev–Trinajstić information content (AvgIpc) is 3.02. The molecule has 10 nitrogen and oxygen atoms in total. The first-order valence-electron chi connectivity index (χ1n) is 14.9. The minimum atomic E-state index is -1.30. The van der Waals surface area contributed by atoms with Gasteiger partial charge in [-0.1, -0.05) is 60.7 Å². The fourth-order valence-corrected chi connectivity index (χ4v) is 5.69. The Balaban J connectivity index is 1.48. The monoisotopic (exact) mass is 641 g/mol. The Labute approximate surface area is 272 Å². The number of rotatable bonds is 13. The number of nitrogens with one attached hydrogen (secondary N) is 3. The number of thioether (sulfide) groups is 1. The van der Waals surface area contributed by atoms with Gasteiger partial charge < -0.3 is 26.8 Å². The number of hydrogen-bond donors (Lipinski definition) is 5. The summed E-state index contributed by atoms with van der Waals surface area (Å²) < 4.78 is 0. The van der Waals surface area contributed by atoms with Crippen LogP contribution >= 0.6 is 11.8 Å². The number of amides is 4. The van der Waals surface area contributed by atoms with E-state index in [2.05, 4.69) is 20.9 Å². The van der Waals surface area contributed by atoms with Gasteiger partial charge >= 0.3 is 0 Å². The lowest BCUT2D eigenvalue weighted by Crippen LogP contribution is -2.54. The van der Waals surface area contributed by atoms with E-state index in [0.29, 0.717) is 11.1 Å². The van der Waals surface area contributed by atoms with Gasteiger partial charge in [0.1, 0.15) is 11.7 Å². The van der Waals surface area contributed by atoms with Crippen LogP contribution in [0.25, 0.3) is 10.9 Å². The van der Waals surface area contributed by atoms with Crippen molar-refractivity contribution in [3.05, 3.63) is 108 Å². The van der Waals surface area contributed by atoms with Crippen molar-refractivity contribution in [3.8, 4) is 0 Å². The van der Waals surface area contributed by atoms with Gasteiger partial charge in [-0.25, -0.2) is 4.98 Å². The summed E-state index contributed by atoms with van der Waals surface area (Å²) in [5.41, 5.74) is 7.11. The minimum absolute atomic E-state index is 0.0802. The van der Waals surface area contributed by atoms with Gasteiger partial charge in [0.15, 0.2) is 0 Å². The van der Waals surface area contributed by atoms with Crippen molar-refractivity contribution in [1.82, 2.24) is 20.9 Å². The minimum Gasteiger partial charge on any atom is -0.390 e. The third kappa shape index (κ3) is 10.1. The van der Waals surface area contributed by atoms with Gasteiger partial charge in [-0.2, -0.15) is 0 Å². The molecule has 46 heavy (non-hydrogen) atoms. The number of carbonyl (C=O) groups is 4. The topological polar surface area (TPSA) is 164 Å². The van der Waals surface area contributed by atoms with E-state index >= 15 is 0 Å². The molecule has 11 heteroatoms. The largest absolute Gasteiger partial charge is 0.390 e. The molecule has 0 bridgehead atoms. The molecular formula is C35H39N5O5S. The second-order valence-corrected chi connectivity index (χ2v) is 13.1. The number of aromatic nitrogens is 1. The summed E-state index contributed by atoms with van der Waals surface area (Å²) in [7, 11) is 0. The highest BCUT2D eigenvalue weighted by atomic mass is 32.2. The number of primary amides is 1. The van der Waals surface area contributed by atoms with Crippen LogP contribution in [0.5, 0.6) is 0 Å². The Morgan fingerprint density at radius 3 is 2.30 bits per heavy atom. The fourth-order valence-electron chi connectivity index (χ4n) is 4.71.